The second kappa shape index (κ2) is 6.09. The molecule has 1 amide bonds. The molecule has 0 aliphatic heterocycles. The summed E-state index contributed by atoms with van der Waals surface area (Å²) in [4.78, 5) is 11.2. The number of benzene rings is 1. The Kier molecular flexibility index (Phi) is 4.71. The molecule has 1 rings (SSSR count). The maximum Gasteiger partial charge on any atom is 0.258 e. The topological polar surface area (TPSA) is 38.3 Å². The number of carbonyl (C=O) groups excluding carboxylic acids is 1. The van der Waals surface area contributed by atoms with Gasteiger partial charge in [0, 0.05) is 5.03 Å². The zero-order valence-electron chi connectivity index (χ0n) is 8.20. The highest BCUT2D eigenvalue weighted by Crippen LogP contribution is 2.07. The van der Waals surface area contributed by atoms with E-state index >= 15 is 0 Å². The van der Waals surface area contributed by atoms with Gasteiger partial charge in [-0.05, 0) is 12.1 Å². The second-order valence-corrected chi connectivity index (χ2v) is 3.43. The molecule has 0 radical (unpaired) electrons. The number of nitrogens with one attached hydrogen (secondary N) is 1. The van der Waals surface area contributed by atoms with Crippen molar-refractivity contribution in [2.75, 3.05) is 13.2 Å². The molecule has 0 aromatic heterocycles. The molecule has 4 heteroatoms. The Morgan fingerprint density at radius 3 is 2.67 bits per heavy atom. The van der Waals surface area contributed by atoms with Crippen molar-refractivity contribution in [3.63, 3.8) is 0 Å². The van der Waals surface area contributed by atoms with Crippen LogP contribution in [-0.2, 0) is 4.79 Å². The SMILES string of the molecule is C=C(Cl)CNC(=O)COc1ccccc1. The van der Waals surface area contributed by atoms with E-state index in [4.69, 9.17) is 16.3 Å². The van der Waals surface area contributed by atoms with E-state index in [1.54, 1.807) is 12.1 Å². The normalized spacial score (nSPS) is 9.40. The van der Waals surface area contributed by atoms with Gasteiger partial charge in [-0.1, -0.05) is 36.4 Å². The first-order chi connectivity index (χ1) is 7.18. The van der Waals surface area contributed by atoms with Gasteiger partial charge in [0.05, 0.1) is 6.54 Å². The van der Waals surface area contributed by atoms with Gasteiger partial charge in [-0.25, -0.2) is 0 Å². The highest BCUT2D eigenvalue weighted by Gasteiger charge is 2.01. The van der Waals surface area contributed by atoms with Crippen LogP contribution in [0.2, 0.25) is 0 Å². The van der Waals surface area contributed by atoms with E-state index in [0.717, 1.165) is 0 Å². The lowest BCUT2D eigenvalue weighted by Crippen LogP contribution is -2.29. The summed E-state index contributed by atoms with van der Waals surface area (Å²) in [7, 11) is 0. The Hall–Kier alpha value is -1.48. The van der Waals surface area contributed by atoms with E-state index in [2.05, 4.69) is 11.9 Å². The van der Waals surface area contributed by atoms with Crippen molar-refractivity contribution in [1.82, 2.24) is 5.32 Å². The van der Waals surface area contributed by atoms with Crippen molar-refractivity contribution < 1.29 is 9.53 Å². The van der Waals surface area contributed by atoms with Crippen LogP contribution in [0.3, 0.4) is 0 Å². The maximum absolute atomic E-state index is 11.2. The first-order valence-electron chi connectivity index (χ1n) is 4.46. The molecule has 0 aliphatic rings. The molecule has 3 nitrogen and oxygen atoms in total. The van der Waals surface area contributed by atoms with Gasteiger partial charge in [-0.2, -0.15) is 0 Å². The Morgan fingerprint density at radius 2 is 2.07 bits per heavy atom. The monoisotopic (exact) mass is 225 g/mol. The Bertz CT molecular complexity index is 338. The zero-order valence-corrected chi connectivity index (χ0v) is 8.96. The maximum atomic E-state index is 11.2. The fourth-order valence-electron chi connectivity index (χ4n) is 0.911. The Morgan fingerprint density at radius 1 is 1.40 bits per heavy atom. The molecule has 0 spiro atoms. The average Bonchev–Trinajstić information content (AvgIpc) is 2.25. The second-order valence-electron chi connectivity index (χ2n) is 2.90. The van der Waals surface area contributed by atoms with E-state index in [1.807, 2.05) is 18.2 Å². The number of carbonyl (C=O) groups is 1. The Labute approximate surface area is 93.7 Å². The minimum Gasteiger partial charge on any atom is -0.484 e. The molecule has 0 heterocycles. The van der Waals surface area contributed by atoms with Gasteiger partial charge in [0.25, 0.3) is 5.91 Å². The number of hydrogen-bond acceptors (Lipinski definition) is 2. The molecular formula is C11H12ClNO2. The number of ether oxygens (including phenoxy) is 1. The predicted octanol–water partition coefficient (Wildman–Crippen LogP) is 1.93. The van der Waals surface area contributed by atoms with E-state index in [0.29, 0.717) is 10.8 Å². The minimum atomic E-state index is -0.222. The van der Waals surface area contributed by atoms with E-state index < -0.39 is 0 Å². The van der Waals surface area contributed by atoms with E-state index in [9.17, 15) is 4.79 Å². The smallest absolute Gasteiger partial charge is 0.258 e. The molecule has 0 unspecified atom stereocenters. The lowest BCUT2D eigenvalue weighted by atomic mass is 10.3. The molecule has 1 aromatic carbocycles. The van der Waals surface area contributed by atoms with Crippen molar-refractivity contribution in [1.29, 1.82) is 0 Å². The molecular weight excluding hydrogens is 214 g/mol. The summed E-state index contributed by atoms with van der Waals surface area (Å²) in [5.41, 5.74) is 0. The standard InChI is InChI=1S/C11H12ClNO2/c1-9(12)7-13-11(14)8-15-10-5-3-2-4-6-10/h2-6H,1,7-8H2,(H,13,14). The van der Waals surface area contributed by atoms with Gasteiger partial charge in [0.1, 0.15) is 5.75 Å². The number of halogens is 1. The molecule has 0 saturated heterocycles. The van der Waals surface area contributed by atoms with Crippen LogP contribution in [0.4, 0.5) is 0 Å². The molecule has 15 heavy (non-hydrogen) atoms. The molecule has 0 bridgehead atoms. The first-order valence-corrected chi connectivity index (χ1v) is 4.84. The molecule has 1 aromatic rings. The van der Waals surface area contributed by atoms with Crippen LogP contribution >= 0.6 is 11.6 Å². The zero-order chi connectivity index (χ0) is 11.1. The number of para-hydroxylation sites is 1. The Balaban J connectivity index is 2.26. The average molecular weight is 226 g/mol. The fraction of sp³-hybridized carbons (Fsp3) is 0.182. The number of rotatable bonds is 5. The van der Waals surface area contributed by atoms with E-state index in [1.165, 1.54) is 0 Å². The van der Waals surface area contributed by atoms with Crippen molar-refractivity contribution in [2.24, 2.45) is 0 Å². The molecule has 0 aliphatic carbocycles. The van der Waals surface area contributed by atoms with Crippen LogP contribution < -0.4 is 10.1 Å². The largest absolute Gasteiger partial charge is 0.484 e. The van der Waals surface area contributed by atoms with Crippen LogP contribution in [0.5, 0.6) is 5.75 Å². The van der Waals surface area contributed by atoms with E-state index in [-0.39, 0.29) is 19.1 Å². The highest BCUT2D eigenvalue weighted by atomic mass is 35.5. The summed E-state index contributed by atoms with van der Waals surface area (Å²) >= 11 is 5.49. The minimum absolute atomic E-state index is 0.0197. The lowest BCUT2D eigenvalue weighted by molar-refractivity contribution is -0.122. The summed E-state index contributed by atoms with van der Waals surface area (Å²) < 4.78 is 5.22. The molecule has 0 atom stereocenters. The molecule has 1 N–H and O–H groups in total. The number of amides is 1. The molecule has 80 valence electrons. The van der Waals surface area contributed by atoms with Crippen LogP contribution in [0, 0.1) is 0 Å². The van der Waals surface area contributed by atoms with Crippen LogP contribution in [0.15, 0.2) is 41.9 Å². The summed E-state index contributed by atoms with van der Waals surface area (Å²) in [5, 5.41) is 2.95. The third-order valence-electron chi connectivity index (χ3n) is 1.59. The van der Waals surface area contributed by atoms with Crippen LogP contribution in [0.25, 0.3) is 0 Å². The van der Waals surface area contributed by atoms with Crippen molar-refractivity contribution >= 4 is 17.5 Å². The lowest BCUT2D eigenvalue weighted by Gasteiger charge is -2.06. The summed E-state index contributed by atoms with van der Waals surface area (Å²) in [5.74, 6) is 0.443. The quantitative estimate of drug-likeness (QED) is 0.832. The third-order valence-corrected chi connectivity index (χ3v) is 1.72. The summed E-state index contributed by atoms with van der Waals surface area (Å²) in [6.45, 7) is 3.70. The van der Waals surface area contributed by atoms with Crippen molar-refractivity contribution in [3.05, 3.63) is 41.9 Å². The van der Waals surface area contributed by atoms with Crippen LogP contribution in [-0.4, -0.2) is 19.1 Å². The summed E-state index contributed by atoms with van der Waals surface area (Å²) in [6.07, 6.45) is 0. The van der Waals surface area contributed by atoms with Gasteiger partial charge in [0.2, 0.25) is 0 Å². The van der Waals surface area contributed by atoms with Gasteiger partial charge >= 0.3 is 0 Å². The highest BCUT2D eigenvalue weighted by molar-refractivity contribution is 6.29. The predicted molar refractivity (Wildman–Crippen MR) is 59.9 cm³/mol. The third kappa shape index (κ3) is 5.08. The van der Waals surface area contributed by atoms with Gasteiger partial charge in [-0.15, -0.1) is 0 Å². The van der Waals surface area contributed by atoms with Gasteiger partial charge < -0.3 is 10.1 Å². The van der Waals surface area contributed by atoms with Gasteiger partial charge in [0.15, 0.2) is 6.61 Å². The number of hydrogen-bond donors (Lipinski definition) is 1. The molecule has 0 saturated carbocycles. The fourth-order valence-corrected chi connectivity index (χ4v) is 0.978. The van der Waals surface area contributed by atoms with Crippen molar-refractivity contribution in [2.45, 2.75) is 0 Å². The van der Waals surface area contributed by atoms with Gasteiger partial charge in [-0.3, -0.25) is 4.79 Å². The van der Waals surface area contributed by atoms with Crippen molar-refractivity contribution in [3.8, 4) is 5.75 Å². The molecule has 0 fully saturated rings. The summed E-state index contributed by atoms with van der Waals surface area (Å²) in [6, 6.07) is 9.13. The van der Waals surface area contributed by atoms with Crippen LogP contribution in [0.1, 0.15) is 0 Å². The first kappa shape index (κ1) is 11.6.